The van der Waals surface area contributed by atoms with Crippen molar-refractivity contribution in [1.29, 1.82) is 0 Å². The topological polar surface area (TPSA) is 96.0 Å². The largest absolute Gasteiger partial charge is 0.495 e. The molecule has 0 fully saturated rings. The molecule has 0 heterocycles. The number of methoxy groups -OCH3 is 1. The van der Waals surface area contributed by atoms with Crippen molar-refractivity contribution in [3.63, 3.8) is 0 Å². The highest BCUT2D eigenvalue weighted by atomic mass is 35.5. The maximum absolute atomic E-state index is 14.0. The Morgan fingerprint density at radius 3 is 2.25 bits per heavy atom. The molecule has 3 rings (SSSR count). The number of carbonyl (C=O) groups is 2. The van der Waals surface area contributed by atoms with Crippen molar-refractivity contribution in [2.75, 3.05) is 18.0 Å². The molecule has 1 N–H and O–H groups in total. The molecule has 0 bridgehead atoms. The molecular formula is C30H36ClN3O5S. The summed E-state index contributed by atoms with van der Waals surface area (Å²) in [6.45, 7) is 6.82. The van der Waals surface area contributed by atoms with Gasteiger partial charge in [-0.05, 0) is 74.7 Å². The zero-order valence-corrected chi connectivity index (χ0v) is 25.0. The number of anilines is 1. The van der Waals surface area contributed by atoms with Gasteiger partial charge < -0.3 is 15.0 Å². The van der Waals surface area contributed by atoms with Gasteiger partial charge in [0.2, 0.25) is 11.8 Å². The summed E-state index contributed by atoms with van der Waals surface area (Å²) in [7, 11) is -2.75. The van der Waals surface area contributed by atoms with Crippen molar-refractivity contribution >= 4 is 39.1 Å². The van der Waals surface area contributed by atoms with Crippen LogP contribution in [0.3, 0.4) is 0 Å². The fraction of sp³-hybridized carbons (Fsp3) is 0.333. The van der Waals surface area contributed by atoms with Crippen molar-refractivity contribution < 1.29 is 22.7 Å². The molecule has 8 nitrogen and oxygen atoms in total. The van der Waals surface area contributed by atoms with E-state index in [1.807, 2.05) is 20.8 Å². The molecule has 3 aromatic carbocycles. The van der Waals surface area contributed by atoms with Crippen LogP contribution in [0.4, 0.5) is 5.69 Å². The molecule has 0 aromatic heterocycles. The Balaban J connectivity index is 2.08. The minimum absolute atomic E-state index is 0.0261. The fourth-order valence-corrected chi connectivity index (χ4v) is 5.63. The molecule has 10 heteroatoms. The molecule has 0 unspecified atom stereocenters. The molecule has 3 aromatic rings. The summed E-state index contributed by atoms with van der Waals surface area (Å²) in [6, 6.07) is 19.0. The molecule has 0 aliphatic carbocycles. The summed E-state index contributed by atoms with van der Waals surface area (Å²) in [5, 5.41) is 3.46. The Hall–Kier alpha value is -3.56. The lowest BCUT2D eigenvalue weighted by Crippen LogP contribution is -2.52. The second kappa shape index (κ2) is 13.7. The van der Waals surface area contributed by atoms with Gasteiger partial charge in [-0.3, -0.25) is 13.9 Å². The van der Waals surface area contributed by atoms with Gasteiger partial charge in [0.15, 0.2) is 0 Å². The summed E-state index contributed by atoms with van der Waals surface area (Å²) in [4.78, 5) is 28.6. The van der Waals surface area contributed by atoms with Gasteiger partial charge in [-0.15, -0.1) is 0 Å². The predicted octanol–water partition coefficient (Wildman–Crippen LogP) is 5.18. The standard InChI is InChI=1S/C30H36ClN3O5S/c1-6-22(3)32-30(36)23(4)33(19-24-13-15-25(31)16-14-24)29(35)20-34(27-18-21(2)12-17-28(27)39-5)40(37,38)26-10-8-7-9-11-26/h7-18,22-23H,6,19-20H2,1-5H3,(H,32,36)/t22-,23-/m1/s1. The van der Waals surface area contributed by atoms with E-state index in [0.29, 0.717) is 10.8 Å². The molecule has 0 saturated heterocycles. The Labute approximate surface area is 241 Å². The zero-order chi connectivity index (χ0) is 29.4. The summed E-state index contributed by atoms with van der Waals surface area (Å²) < 4.78 is 34.5. The quantitative estimate of drug-likeness (QED) is 0.316. The fourth-order valence-electron chi connectivity index (χ4n) is 4.06. The average molecular weight is 586 g/mol. The molecule has 2 atom stereocenters. The molecule has 0 radical (unpaired) electrons. The van der Waals surface area contributed by atoms with E-state index in [-0.39, 0.29) is 29.1 Å². The number of carbonyl (C=O) groups excluding carboxylic acids is 2. The first-order chi connectivity index (χ1) is 19.0. The second-order valence-electron chi connectivity index (χ2n) is 9.64. The Bertz CT molecular complexity index is 1420. The number of halogens is 1. The van der Waals surface area contributed by atoms with Crippen LogP contribution >= 0.6 is 11.6 Å². The number of amides is 2. The SMILES string of the molecule is CC[C@@H](C)NC(=O)[C@@H](C)N(Cc1ccc(Cl)cc1)C(=O)CN(c1cc(C)ccc1OC)S(=O)(=O)c1ccccc1. The Morgan fingerprint density at radius 2 is 1.65 bits per heavy atom. The van der Waals surface area contributed by atoms with Gasteiger partial charge in [-0.2, -0.15) is 0 Å². The molecular weight excluding hydrogens is 550 g/mol. The second-order valence-corrected chi connectivity index (χ2v) is 11.9. The first-order valence-electron chi connectivity index (χ1n) is 13.0. The molecule has 0 spiro atoms. The number of sulfonamides is 1. The third-order valence-electron chi connectivity index (χ3n) is 6.65. The van der Waals surface area contributed by atoms with Gasteiger partial charge in [0.25, 0.3) is 10.0 Å². The van der Waals surface area contributed by atoms with Gasteiger partial charge in [-0.25, -0.2) is 8.42 Å². The van der Waals surface area contributed by atoms with Crippen molar-refractivity contribution in [3.8, 4) is 5.75 Å². The van der Waals surface area contributed by atoms with Crippen LogP contribution < -0.4 is 14.4 Å². The van der Waals surface area contributed by atoms with Gasteiger partial charge in [-0.1, -0.05) is 54.9 Å². The van der Waals surface area contributed by atoms with Crippen LogP contribution in [0.2, 0.25) is 5.02 Å². The Kier molecular flexibility index (Phi) is 10.6. The van der Waals surface area contributed by atoms with E-state index >= 15 is 0 Å². The first kappa shape index (κ1) is 31.0. The lowest BCUT2D eigenvalue weighted by atomic mass is 10.1. The van der Waals surface area contributed by atoms with E-state index in [9.17, 15) is 18.0 Å². The van der Waals surface area contributed by atoms with E-state index in [2.05, 4.69) is 5.32 Å². The number of aryl methyl sites for hydroxylation is 1. The minimum atomic E-state index is -4.19. The lowest BCUT2D eigenvalue weighted by molar-refractivity contribution is -0.139. The Morgan fingerprint density at radius 1 is 1.00 bits per heavy atom. The smallest absolute Gasteiger partial charge is 0.264 e. The summed E-state index contributed by atoms with van der Waals surface area (Å²) >= 11 is 6.05. The number of rotatable bonds is 12. The first-order valence-corrected chi connectivity index (χ1v) is 14.9. The van der Waals surface area contributed by atoms with E-state index < -0.39 is 28.5 Å². The van der Waals surface area contributed by atoms with Gasteiger partial charge >= 0.3 is 0 Å². The van der Waals surface area contributed by atoms with Gasteiger partial charge in [0.05, 0.1) is 17.7 Å². The van der Waals surface area contributed by atoms with Crippen LogP contribution in [0.25, 0.3) is 0 Å². The maximum atomic E-state index is 14.0. The van der Waals surface area contributed by atoms with E-state index in [1.165, 1.54) is 24.1 Å². The zero-order valence-electron chi connectivity index (χ0n) is 23.4. The highest BCUT2D eigenvalue weighted by Crippen LogP contribution is 2.33. The van der Waals surface area contributed by atoms with Crippen LogP contribution in [0.5, 0.6) is 5.75 Å². The molecule has 40 heavy (non-hydrogen) atoms. The van der Waals surface area contributed by atoms with Crippen LogP contribution in [0.1, 0.15) is 38.3 Å². The monoisotopic (exact) mass is 585 g/mol. The summed E-state index contributed by atoms with van der Waals surface area (Å²) in [5.41, 5.74) is 1.75. The predicted molar refractivity (Wildman–Crippen MR) is 158 cm³/mol. The number of ether oxygens (including phenoxy) is 1. The molecule has 2 amide bonds. The number of benzene rings is 3. The summed E-state index contributed by atoms with van der Waals surface area (Å²) in [6.07, 6.45) is 0.722. The van der Waals surface area contributed by atoms with Crippen LogP contribution in [-0.2, 0) is 26.2 Å². The van der Waals surface area contributed by atoms with Crippen molar-refractivity contribution in [1.82, 2.24) is 10.2 Å². The number of hydrogen-bond acceptors (Lipinski definition) is 5. The maximum Gasteiger partial charge on any atom is 0.264 e. The highest BCUT2D eigenvalue weighted by molar-refractivity contribution is 7.92. The van der Waals surface area contributed by atoms with Crippen molar-refractivity contribution in [3.05, 3.63) is 88.9 Å². The van der Waals surface area contributed by atoms with Crippen molar-refractivity contribution in [2.45, 2.75) is 57.6 Å². The molecule has 214 valence electrons. The number of nitrogens with zero attached hydrogens (tertiary/aromatic N) is 2. The van der Waals surface area contributed by atoms with Gasteiger partial charge in [0, 0.05) is 17.6 Å². The normalized spacial score (nSPS) is 12.8. The third kappa shape index (κ3) is 7.55. The molecule has 0 aliphatic rings. The molecule has 0 saturated carbocycles. The minimum Gasteiger partial charge on any atom is -0.495 e. The van der Waals surface area contributed by atoms with E-state index in [1.54, 1.807) is 67.6 Å². The van der Waals surface area contributed by atoms with E-state index in [4.69, 9.17) is 16.3 Å². The van der Waals surface area contributed by atoms with Gasteiger partial charge in [0.1, 0.15) is 18.3 Å². The van der Waals surface area contributed by atoms with Crippen LogP contribution in [0, 0.1) is 6.92 Å². The third-order valence-corrected chi connectivity index (χ3v) is 8.67. The van der Waals surface area contributed by atoms with Crippen molar-refractivity contribution in [2.24, 2.45) is 0 Å². The highest BCUT2D eigenvalue weighted by Gasteiger charge is 2.34. The average Bonchev–Trinajstić information content (AvgIpc) is 2.95. The number of nitrogens with one attached hydrogen (secondary N) is 1. The lowest BCUT2D eigenvalue weighted by Gasteiger charge is -2.33. The van der Waals surface area contributed by atoms with E-state index in [0.717, 1.165) is 21.9 Å². The molecule has 0 aliphatic heterocycles. The number of hydrogen-bond donors (Lipinski definition) is 1. The summed E-state index contributed by atoms with van der Waals surface area (Å²) in [5.74, 6) is -0.586. The van der Waals surface area contributed by atoms with Crippen LogP contribution in [0.15, 0.2) is 77.7 Å². The van der Waals surface area contributed by atoms with Crippen LogP contribution in [-0.4, -0.2) is 50.9 Å².